The molecular weight excluding hydrogens is 719 g/mol. The predicted octanol–water partition coefficient (Wildman–Crippen LogP) is 15.6. The second-order valence-corrected chi connectivity index (χ2v) is 15.8. The lowest BCUT2D eigenvalue weighted by Gasteiger charge is -2.33. The van der Waals surface area contributed by atoms with E-state index in [9.17, 15) is 0 Å². The summed E-state index contributed by atoms with van der Waals surface area (Å²) in [6.07, 6.45) is 7.65. The summed E-state index contributed by atoms with van der Waals surface area (Å²) < 4.78 is 6.39. The van der Waals surface area contributed by atoms with Crippen molar-refractivity contribution >= 4 is 44.9 Å². The SMILES string of the molecule is CCCCCCCCNC1c2cc(-c3ccc(N4c5ccccc5Oc5ccccc54)c4ccccc34)ccc2-c2ccc(N(c3ccccc3)c3ccccc3)cc21. The van der Waals surface area contributed by atoms with Crippen LogP contribution in [-0.4, -0.2) is 6.54 Å². The van der Waals surface area contributed by atoms with Gasteiger partial charge in [0.2, 0.25) is 0 Å². The lowest BCUT2D eigenvalue weighted by molar-refractivity contribution is 0.477. The molecular formula is C55H49N3O. The Morgan fingerprint density at radius 2 is 1.03 bits per heavy atom. The van der Waals surface area contributed by atoms with Gasteiger partial charge in [-0.1, -0.05) is 148 Å². The molecule has 0 aromatic heterocycles. The molecule has 0 spiro atoms. The standard InChI is InChI=1S/C55H49N3O/c1-2-3-4-5-6-19-36-56-55-48-37-39(30-32-45(48)46-33-31-42(38-49(46)55)57(40-20-9-7-10-21-40)41-22-11-8-12-23-41)43-34-35-50(47-25-14-13-24-44(43)47)58-51-26-15-17-28-53(51)59-54-29-18-16-27-52(54)58/h7-18,20-35,37-38,55-56H,2-6,19,36H2,1H3. The van der Waals surface area contributed by atoms with Gasteiger partial charge in [0.1, 0.15) is 0 Å². The number of benzene rings is 8. The number of rotatable bonds is 13. The number of nitrogens with one attached hydrogen (secondary N) is 1. The fourth-order valence-electron chi connectivity index (χ4n) is 9.22. The maximum absolute atomic E-state index is 6.39. The molecule has 0 bridgehead atoms. The monoisotopic (exact) mass is 767 g/mol. The molecule has 59 heavy (non-hydrogen) atoms. The molecule has 8 aromatic rings. The number of anilines is 6. The van der Waals surface area contributed by atoms with Gasteiger partial charge in [-0.15, -0.1) is 0 Å². The smallest absolute Gasteiger partial charge is 0.151 e. The number of hydrogen-bond acceptors (Lipinski definition) is 4. The summed E-state index contributed by atoms with van der Waals surface area (Å²) >= 11 is 0. The van der Waals surface area contributed by atoms with Crippen LogP contribution in [0.25, 0.3) is 33.0 Å². The van der Waals surface area contributed by atoms with Crippen LogP contribution in [-0.2, 0) is 0 Å². The van der Waals surface area contributed by atoms with Crippen LogP contribution in [0.5, 0.6) is 11.5 Å². The third-order valence-electron chi connectivity index (χ3n) is 12.0. The predicted molar refractivity (Wildman–Crippen MR) is 247 cm³/mol. The van der Waals surface area contributed by atoms with Crippen molar-refractivity contribution in [1.82, 2.24) is 5.32 Å². The Balaban J connectivity index is 1.05. The van der Waals surface area contributed by atoms with Gasteiger partial charge in [-0.2, -0.15) is 0 Å². The number of fused-ring (bicyclic) bond motifs is 6. The summed E-state index contributed by atoms with van der Waals surface area (Å²) in [6, 6.07) is 65.8. The molecule has 0 saturated carbocycles. The summed E-state index contributed by atoms with van der Waals surface area (Å²) in [5.74, 6) is 1.71. The van der Waals surface area contributed by atoms with Crippen LogP contribution >= 0.6 is 0 Å². The third-order valence-corrected chi connectivity index (χ3v) is 12.0. The van der Waals surface area contributed by atoms with Crippen LogP contribution in [0.3, 0.4) is 0 Å². The summed E-state index contributed by atoms with van der Waals surface area (Å²) in [7, 11) is 0. The first-order chi connectivity index (χ1) is 29.3. The molecule has 1 atom stereocenters. The molecule has 290 valence electrons. The number of ether oxygens (including phenoxy) is 1. The molecule has 1 N–H and O–H groups in total. The molecule has 4 heteroatoms. The second-order valence-electron chi connectivity index (χ2n) is 15.8. The van der Waals surface area contributed by atoms with E-state index in [0.717, 1.165) is 52.2 Å². The van der Waals surface area contributed by atoms with Crippen LogP contribution in [0.2, 0.25) is 0 Å². The van der Waals surface area contributed by atoms with Crippen molar-refractivity contribution < 1.29 is 4.74 Å². The minimum absolute atomic E-state index is 0.0795. The Morgan fingerprint density at radius 1 is 0.475 bits per heavy atom. The van der Waals surface area contributed by atoms with Gasteiger partial charge in [-0.25, -0.2) is 0 Å². The molecule has 4 nitrogen and oxygen atoms in total. The van der Waals surface area contributed by atoms with E-state index in [1.165, 1.54) is 82.7 Å². The van der Waals surface area contributed by atoms with Crippen molar-refractivity contribution in [2.75, 3.05) is 16.3 Å². The first-order valence-corrected chi connectivity index (χ1v) is 21.4. The lowest BCUT2D eigenvalue weighted by Crippen LogP contribution is -2.22. The summed E-state index contributed by atoms with van der Waals surface area (Å²) in [5.41, 5.74) is 14.4. The summed E-state index contributed by atoms with van der Waals surface area (Å²) in [5, 5.41) is 6.50. The average Bonchev–Trinajstić information content (AvgIpc) is 3.60. The molecule has 1 aliphatic carbocycles. The van der Waals surface area contributed by atoms with Crippen molar-refractivity contribution in [2.45, 2.75) is 51.5 Å². The van der Waals surface area contributed by atoms with Gasteiger partial charge in [-0.3, -0.25) is 0 Å². The maximum atomic E-state index is 6.39. The third kappa shape index (κ3) is 6.94. The molecule has 1 unspecified atom stereocenters. The zero-order valence-electron chi connectivity index (χ0n) is 33.7. The Kier molecular flexibility index (Phi) is 10.2. The van der Waals surface area contributed by atoms with Gasteiger partial charge in [0.05, 0.1) is 23.1 Å². The Morgan fingerprint density at radius 3 is 1.73 bits per heavy atom. The van der Waals surface area contributed by atoms with Crippen LogP contribution in [0.15, 0.2) is 182 Å². The van der Waals surface area contributed by atoms with E-state index < -0.39 is 0 Å². The highest BCUT2D eigenvalue weighted by molar-refractivity contribution is 6.07. The van der Waals surface area contributed by atoms with Gasteiger partial charge in [0, 0.05) is 22.4 Å². The minimum atomic E-state index is 0.0795. The molecule has 2 aliphatic rings. The van der Waals surface area contributed by atoms with E-state index in [1.807, 2.05) is 12.1 Å². The maximum Gasteiger partial charge on any atom is 0.151 e. The lowest BCUT2D eigenvalue weighted by atomic mass is 9.93. The Hall–Kier alpha value is -6.62. The zero-order valence-corrected chi connectivity index (χ0v) is 33.7. The normalized spacial score (nSPS) is 13.6. The highest BCUT2D eigenvalue weighted by Gasteiger charge is 2.31. The van der Waals surface area contributed by atoms with Crippen molar-refractivity contribution in [1.29, 1.82) is 0 Å². The molecule has 1 heterocycles. The molecule has 0 radical (unpaired) electrons. The fraction of sp³-hybridized carbons (Fsp3) is 0.164. The Labute approximate surface area is 348 Å². The van der Waals surface area contributed by atoms with E-state index in [4.69, 9.17) is 4.74 Å². The highest BCUT2D eigenvalue weighted by atomic mass is 16.5. The number of nitrogens with zero attached hydrogens (tertiary/aromatic N) is 2. The summed E-state index contributed by atoms with van der Waals surface area (Å²) in [4.78, 5) is 4.73. The number of unbranched alkanes of at least 4 members (excludes halogenated alkanes) is 5. The van der Waals surface area contributed by atoms with Crippen LogP contribution in [0, 0.1) is 0 Å². The first-order valence-electron chi connectivity index (χ1n) is 21.4. The molecule has 1 aliphatic heterocycles. The van der Waals surface area contributed by atoms with E-state index in [-0.39, 0.29) is 6.04 Å². The Bertz CT molecular complexity index is 2660. The van der Waals surface area contributed by atoms with Crippen molar-refractivity contribution in [3.05, 3.63) is 193 Å². The van der Waals surface area contributed by atoms with Gasteiger partial charge in [0.15, 0.2) is 11.5 Å². The second kappa shape index (κ2) is 16.3. The van der Waals surface area contributed by atoms with Crippen LogP contribution < -0.4 is 19.9 Å². The van der Waals surface area contributed by atoms with Crippen LogP contribution in [0.4, 0.5) is 34.1 Å². The van der Waals surface area contributed by atoms with Gasteiger partial charge in [-0.05, 0) is 125 Å². The van der Waals surface area contributed by atoms with E-state index in [0.29, 0.717) is 0 Å². The molecule has 0 saturated heterocycles. The van der Waals surface area contributed by atoms with E-state index in [1.54, 1.807) is 0 Å². The number of hydrogen-bond donors (Lipinski definition) is 1. The van der Waals surface area contributed by atoms with Crippen molar-refractivity contribution in [2.24, 2.45) is 0 Å². The fourth-order valence-corrected chi connectivity index (χ4v) is 9.22. The molecule has 8 aromatic carbocycles. The zero-order chi connectivity index (χ0) is 39.5. The van der Waals surface area contributed by atoms with E-state index >= 15 is 0 Å². The van der Waals surface area contributed by atoms with Gasteiger partial charge in [0.25, 0.3) is 0 Å². The molecule has 0 fully saturated rings. The average molecular weight is 768 g/mol. The minimum Gasteiger partial charge on any atom is -0.453 e. The van der Waals surface area contributed by atoms with Crippen molar-refractivity contribution in [3.63, 3.8) is 0 Å². The van der Waals surface area contributed by atoms with E-state index in [2.05, 4.69) is 192 Å². The molecule has 0 amide bonds. The summed E-state index contributed by atoms with van der Waals surface area (Å²) in [6.45, 7) is 3.26. The van der Waals surface area contributed by atoms with Gasteiger partial charge < -0.3 is 19.9 Å². The van der Waals surface area contributed by atoms with Crippen LogP contribution in [0.1, 0.15) is 62.6 Å². The van der Waals surface area contributed by atoms with Gasteiger partial charge >= 0.3 is 0 Å². The number of para-hydroxylation sites is 6. The highest BCUT2D eigenvalue weighted by Crippen LogP contribution is 2.53. The quantitative estimate of drug-likeness (QED) is 0.118. The topological polar surface area (TPSA) is 27.7 Å². The largest absolute Gasteiger partial charge is 0.453 e. The first kappa shape index (κ1) is 36.7. The van der Waals surface area contributed by atoms with Crippen molar-refractivity contribution in [3.8, 4) is 33.8 Å². The molecule has 10 rings (SSSR count).